The van der Waals surface area contributed by atoms with Crippen molar-refractivity contribution in [1.82, 2.24) is 20.3 Å². The van der Waals surface area contributed by atoms with Crippen LogP contribution in [0.3, 0.4) is 0 Å². The van der Waals surface area contributed by atoms with E-state index < -0.39 is 12.2 Å². The zero-order valence-corrected chi connectivity index (χ0v) is 11.8. The monoisotopic (exact) mass is 295 g/mol. The number of nitrogens with two attached hydrogens (primary N) is 1. The molecule has 2 aromatic heterocycles. The number of hydrogen-bond donors (Lipinski definition) is 5. The summed E-state index contributed by atoms with van der Waals surface area (Å²) in [4.78, 5) is 11.2. The number of nitrogen functional groups attached to an aromatic ring is 1. The number of H-pyrrole nitrogens is 1. The van der Waals surface area contributed by atoms with Gasteiger partial charge in [-0.3, -0.25) is 0 Å². The molecule has 0 bridgehead atoms. The maximum Gasteiger partial charge on any atom is 0.151 e. The lowest BCUT2D eigenvalue weighted by Crippen LogP contribution is -2.34. The van der Waals surface area contributed by atoms with Crippen molar-refractivity contribution in [1.29, 1.82) is 0 Å². The number of rotatable bonds is 3. The van der Waals surface area contributed by atoms with Gasteiger partial charge in [0.25, 0.3) is 0 Å². The summed E-state index contributed by atoms with van der Waals surface area (Å²) in [6.45, 7) is 0. The second-order valence-electron chi connectivity index (χ2n) is 4.91. The van der Waals surface area contributed by atoms with Gasteiger partial charge in [0.05, 0.1) is 17.7 Å². The first-order valence-electron chi connectivity index (χ1n) is 6.32. The van der Waals surface area contributed by atoms with E-state index in [0.717, 1.165) is 11.3 Å². The van der Waals surface area contributed by atoms with E-state index in [1.54, 1.807) is 18.0 Å². The molecule has 1 saturated heterocycles. The highest BCUT2D eigenvalue weighted by molar-refractivity contribution is 7.98. The molecule has 0 aliphatic carbocycles. The number of fused-ring (bicyclic) bond motifs is 1. The molecule has 108 valence electrons. The molecule has 0 saturated carbocycles. The molecule has 3 rings (SSSR count). The summed E-state index contributed by atoms with van der Waals surface area (Å²) in [5.74, 6) is 1.10. The van der Waals surface area contributed by atoms with Crippen molar-refractivity contribution in [3.05, 3.63) is 18.1 Å². The van der Waals surface area contributed by atoms with Gasteiger partial charge in [0.15, 0.2) is 5.82 Å². The van der Waals surface area contributed by atoms with Gasteiger partial charge >= 0.3 is 0 Å². The number of aliphatic hydroxyl groups excluding tert-OH is 2. The number of anilines is 1. The highest BCUT2D eigenvalue weighted by Crippen LogP contribution is 2.33. The molecule has 20 heavy (non-hydrogen) atoms. The normalized spacial score (nSPS) is 30.1. The van der Waals surface area contributed by atoms with Crippen molar-refractivity contribution in [3.63, 3.8) is 0 Å². The van der Waals surface area contributed by atoms with E-state index in [4.69, 9.17) is 5.73 Å². The maximum absolute atomic E-state index is 10.2. The van der Waals surface area contributed by atoms with Gasteiger partial charge in [-0.25, -0.2) is 9.97 Å². The van der Waals surface area contributed by atoms with Crippen LogP contribution in [0.25, 0.3) is 11.0 Å². The van der Waals surface area contributed by atoms with Crippen LogP contribution in [0.5, 0.6) is 0 Å². The van der Waals surface area contributed by atoms with E-state index in [2.05, 4.69) is 20.3 Å². The molecule has 0 aromatic carbocycles. The summed E-state index contributed by atoms with van der Waals surface area (Å²) in [5, 5.41) is 23.6. The molecular weight excluding hydrogens is 278 g/mol. The fraction of sp³-hybridized carbons (Fsp3) is 0.500. The third kappa shape index (κ3) is 2.05. The Balaban J connectivity index is 1.97. The lowest BCUT2D eigenvalue weighted by atomic mass is 10.0. The van der Waals surface area contributed by atoms with Crippen LogP contribution in [0.15, 0.2) is 12.5 Å². The predicted molar refractivity (Wildman–Crippen MR) is 78.4 cm³/mol. The average Bonchev–Trinajstić information content (AvgIpc) is 2.97. The van der Waals surface area contributed by atoms with Crippen LogP contribution in [-0.2, 0) is 0 Å². The Bertz CT molecular complexity index is 619. The molecular formula is C12H17N5O2S. The number of nitrogens with one attached hydrogen (secondary N) is 2. The standard InChI is InChI=1S/C12H17N5O2S/c1-20-3-6-10(18)11(19)8(17-6)5-2-14-9-7(5)15-4-16-12(9)13/h2,4,6,8,10-11,14,17-19H,3H2,1H3,(H2,13,15,16)/t6-,8?,10-,11+/m1/s1. The minimum absolute atomic E-state index is 0.144. The van der Waals surface area contributed by atoms with Crippen LogP contribution in [0.1, 0.15) is 11.6 Å². The first kappa shape index (κ1) is 13.6. The van der Waals surface area contributed by atoms with Gasteiger partial charge in [-0.1, -0.05) is 0 Å². The molecule has 0 amide bonds. The van der Waals surface area contributed by atoms with Crippen LogP contribution < -0.4 is 11.1 Å². The third-order valence-electron chi connectivity index (χ3n) is 3.70. The molecule has 7 nitrogen and oxygen atoms in total. The Morgan fingerprint density at radius 1 is 1.35 bits per heavy atom. The predicted octanol–water partition coefficient (Wildman–Crippen LogP) is -0.362. The summed E-state index contributed by atoms with van der Waals surface area (Å²) in [5.41, 5.74) is 7.91. The Morgan fingerprint density at radius 3 is 2.90 bits per heavy atom. The quantitative estimate of drug-likeness (QED) is 0.524. The molecule has 0 spiro atoms. The van der Waals surface area contributed by atoms with Crippen molar-refractivity contribution in [2.24, 2.45) is 0 Å². The molecule has 8 heteroatoms. The van der Waals surface area contributed by atoms with Crippen molar-refractivity contribution in [3.8, 4) is 0 Å². The SMILES string of the molecule is CSC[C@H]1NC(c2c[nH]c3c(N)ncnc23)[C@H](O)[C@@H]1O. The summed E-state index contributed by atoms with van der Waals surface area (Å²) in [6.07, 6.45) is 3.45. The molecule has 1 aliphatic rings. The van der Waals surface area contributed by atoms with Crippen molar-refractivity contribution < 1.29 is 10.2 Å². The van der Waals surface area contributed by atoms with Gasteiger partial charge in [-0.2, -0.15) is 11.8 Å². The Kier molecular flexibility index (Phi) is 3.55. The van der Waals surface area contributed by atoms with Gasteiger partial charge < -0.3 is 26.2 Å². The van der Waals surface area contributed by atoms with Crippen LogP contribution in [-0.4, -0.2) is 55.4 Å². The summed E-state index contributed by atoms with van der Waals surface area (Å²) in [6, 6.07) is -0.515. The minimum Gasteiger partial charge on any atom is -0.389 e. The van der Waals surface area contributed by atoms with Gasteiger partial charge in [0.2, 0.25) is 0 Å². The Labute approximate surface area is 120 Å². The van der Waals surface area contributed by atoms with Gasteiger partial charge in [-0.15, -0.1) is 0 Å². The van der Waals surface area contributed by atoms with E-state index in [0.29, 0.717) is 16.9 Å². The molecule has 0 radical (unpaired) electrons. The number of aromatic nitrogens is 3. The highest BCUT2D eigenvalue weighted by Gasteiger charge is 2.42. The molecule has 4 atom stereocenters. The fourth-order valence-electron chi connectivity index (χ4n) is 2.68. The smallest absolute Gasteiger partial charge is 0.151 e. The lowest BCUT2D eigenvalue weighted by molar-refractivity contribution is 0.0308. The zero-order chi connectivity index (χ0) is 14.3. The van der Waals surface area contributed by atoms with Gasteiger partial charge in [0.1, 0.15) is 17.9 Å². The van der Waals surface area contributed by atoms with Gasteiger partial charge in [-0.05, 0) is 6.26 Å². The topological polar surface area (TPSA) is 120 Å². The number of hydrogen-bond acceptors (Lipinski definition) is 7. The lowest BCUT2D eigenvalue weighted by Gasteiger charge is -2.14. The summed E-state index contributed by atoms with van der Waals surface area (Å²) >= 11 is 1.62. The van der Waals surface area contributed by atoms with E-state index >= 15 is 0 Å². The number of nitrogens with zero attached hydrogens (tertiary/aromatic N) is 2. The zero-order valence-electron chi connectivity index (χ0n) is 10.9. The second-order valence-corrected chi connectivity index (χ2v) is 5.82. The molecule has 1 unspecified atom stereocenters. The third-order valence-corrected chi connectivity index (χ3v) is 4.39. The summed E-state index contributed by atoms with van der Waals surface area (Å²) in [7, 11) is 0. The molecule has 1 fully saturated rings. The number of aromatic amines is 1. The molecule has 2 aromatic rings. The van der Waals surface area contributed by atoms with E-state index in [1.165, 1.54) is 6.33 Å². The number of aliphatic hydroxyl groups is 2. The number of thioether (sulfide) groups is 1. The maximum atomic E-state index is 10.2. The largest absolute Gasteiger partial charge is 0.389 e. The summed E-state index contributed by atoms with van der Waals surface area (Å²) < 4.78 is 0. The van der Waals surface area contributed by atoms with Crippen LogP contribution in [0, 0.1) is 0 Å². The second kappa shape index (κ2) is 5.21. The molecule has 1 aliphatic heterocycles. The van der Waals surface area contributed by atoms with Crippen LogP contribution in [0.2, 0.25) is 0 Å². The van der Waals surface area contributed by atoms with Crippen molar-refractivity contribution in [2.75, 3.05) is 17.7 Å². The minimum atomic E-state index is -0.873. The Hall–Kier alpha value is -1.35. The Morgan fingerprint density at radius 2 is 2.15 bits per heavy atom. The van der Waals surface area contributed by atoms with E-state index in [9.17, 15) is 10.2 Å². The van der Waals surface area contributed by atoms with E-state index in [1.807, 2.05) is 6.26 Å². The first-order valence-corrected chi connectivity index (χ1v) is 7.71. The van der Waals surface area contributed by atoms with Crippen molar-refractivity contribution >= 4 is 28.6 Å². The van der Waals surface area contributed by atoms with Crippen molar-refractivity contribution in [2.45, 2.75) is 24.3 Å². The first-order chi connectivity index (χ1) is 9.63. The van der Waals surface area contributed by atoms with Gasteiger partial charge in [0, 0.05) is 23.6 Å². The molecule has 6 N–H and O–H groups in total. The van der Waals surface area contributed by atoms with Crippen LogP contribution >= 0.6 is 11.8 Å². The highest BCUT2D eigenvalue weighted by atomic mass is 32.2. The van der Waals surface area contributed by atoms with Crippen LogP contribution in [0.4, 0.5) is 5.82 Å². The average molecular weight is 295 g/mol. The van der Waals surface area contributed by atoms with E-state index in [-0.39, 0.29) is 12.1 Å². The molecule has 3 heterocycles. The fourth-order valence-corrected chi connectivity index (χ4v) is 3.33.